The van der Waals surface area contributed by atoms with Crippen LogP contribution in [0.15, 0.2) is 21.1 Å². The lowest BCUT2D eigenvalue weighted by Crippen LogP contribution is -2.07. The van der Waals surface area contributed by atoms with Crippen molar-refractivity contribution >= 4 is 53.8 Å². The van der Waals surface area contributed by atoms with Crippen LogP contribution in [0.4, 0.5) is 0 Å². The molecule has 0 N–H and O–H groups in total. The predicted octanol–water partition coefficient (Wildman–Crippen LogP) is 4.28. The van der Waals surface area contributed by atoms with Crippen molar-refractivity contribution in [3.05, 3.63) is 32.2 Å². The van der Waals surface area contributed by atoms with E-state index < -0.39 is 0 Å². The zero-order valence-electron chi connectivity index (χ0n) is 8.02. The maximum atomic E-state index is 11.6. The third-order valence-corrected chi connectivity index (χ3v) is 3.63. The third kappa shape index (κ3) is 3.29. The van der Waals surface area contributed by atoms with Gasteiger partial charge in [0, 0.05) is 14.3 Å². The number of ether oxygens (including phenoxy) is 1. The first-order valence-electron chi connectivity index (χ1n) is 4.31. The van der Waals surface area contributed by atoms with Crippen LogP contribution in [0.1, 0.15) is 22.8 Å². The molecule has 0 heterocycles. The molecule has 2 nitrogen and oxygen atoms in total. The molecular formula is C10H9Br3O2. The fourth-order valence-corrected chi connectivity index (χ4v) is 3.03. The maximum Gasteiger partial charge on any atom is 0.340 e. The number of hydrogen-bond donors (Lipinski definition) is 0. The van der Waals surface area contributed by atoms with Gasteiger partial charge in [0.15, 0.2) is 0 Å². The van der Waals surface area contributed by atoms with Crippen LogP contribution in [0.2, 0.25) is 0 Å². The Morgan fingerprint density at radius 2 is 1.87 bits per heavy atom. The first kappa shape index (κ1) is 13.2. The molecule has 0 bridgehead atoms. The molecule has 0 aliphatic heterocycles. The van der Waals surface area contributed by atoms with Crippen LogP contribution in [0, 0.1) is 0 Å². The van der Waals surface area contributed by atoms with Gasteiger partial charge in [-0.15, -0.1) is 0 Å². The highest BCUT2D eigenvalue weighted by Crippen LogP contribution is 2.28. The number of esters is 1. The summed E-state index contributed by atoms with van der Waals surface area (Å²) in [5.41, 5.74) is 1.61. The monoisotopic (exact) mass is 398 g/mol. The topological polar surface area (TPSA) is 26.3 Å². The number of rotatable bonds is 3. The summed E-state index contributed by atoms with van der Waals surface area (Å²) >= 11 is 10.1. The number of alkyl halides is 1. The van der Waals surface area contributed by atoms with Crippen molar-refractivity contribution in [1.29, 1.82) is 0 Å². The van der Waals surface area contributed by atoms with E-state index in [4.69, 9.17) is 4.74 Å². The second kappa shape index (κ2) is 6.01. The molecule has 0 unspecified atom stereocenters. The van der Waals surface area contributed by atoms with E-state index in [9.17, 15) is 4.79 Å². The summed E-state index contributed by atoms with van der Waals surface area (Å²) in [6, 6.07) is 3.79. The van der Waals surface area contributed by atoms with Crippen LogP contribution < -0.4 is 0 Å². The van der Waals surface area contributed by atoms with Crippen LogP contribution in [0.5, 0.6) is 0 Å². The SMILES string of the molecule is CCOC(=O)c1c(Br)cc(CBr)cc1Br. The molecule has 5 heteroatoms. The van der Waals surface area contributed by atoms with Crippen LogP contribution >= 0.6 is 47.8 Å². The highest BCUT2D eigenvalue weighted by atomic mass is 79.9. The van der Waals surface area contributed by atoms with Gasteiger partial charge in [0.1, 0.15) is 0 Å². The summed E-state index contributed by atoms with van der Waals surface area (Å²) in [4.78, 5) is 11.6. The molecule has 0 amide bonds. The highest BCUT2D eigenvalue weighted by Gasteiger charge is 2.16. The van der Waals surface area contributed by atoms with Crippen molar-refractivity contribution in [2.45, 2.75) is 12.3 Å². The van der Waals surface area contributed by atoms with Crippen molar-refractivity contribution in [2.75, 3.05) is 6.61 Å². The molecule has 0 atom stereocenters. The molecule has 0 radical (unpaired) electrons. The van der Waals surface area contributed by atoms with E-state index in [2.05, 4.69) is 47.8 Å². The van der Waals surface area contributed by atoms with Crippen LogP contribution in [0.25, 0.3) is 0 Å². The van der Waals surface area contributed by atoms with Gasteiger partial charge < -0.3 is 4.74 Å². The summed E-state index contributed by atoms with van der Waals surface area (Å²) in [5.74, 6) is -0.322. The van der Waals surface area contributed by atoms with Crippen molar-refractivity contribution < 1.29 is 9.53 Å². The van der Waals surface area contributed by atoms with Crippen molar-refractivity contribution in [3.63, 3.8) is 0 Å². The van der Waals surface area contributed by atoms with E-state index >= 15 is 0 Å². The Balaban J connectivity index is 3.13. The van der Waals surface area contributed by atoms with Gasteiger partial charge in [-0.3, -0.25) is 0 Å². The average Bonchev–Trinajstić information content (AvgIpc) is 2.16. The Kier molecular flexibility index (Phi) is 5.29. The normalized spacial score (nSPS) is 10.1. The summed E-state index contributed by atoms with van der Waals surface area (Å²) in [6.07, 6.45) is 0. The summed E-state index contributed by atoms with van der Waals surface area (Å²) in [6.45, 7) is 2.16. The standard InChI is InChI=1S/C10H9Br3O2/c1-2-15-10(14)9-7(12)3-6(5-11)4-8(9)13/h3-4H,2,5H2,1H3. The lowest BCUT2D eigenvalue weighted by atomic mass is 10.1. The van der Waals surface area contributed by atoms with Gasteiger partial charge in [-0.25, -0.2) is 4.79 Å². The quantitative estimate of drug-likeness (QED) is 0.559. The number of hydrogen-bond acceptors (Lipinski definition) is 2. The third-order valence-electron chi connectivity index (χ3n) is 1.74. The number of carbonyl (C=O) groups excluding carboxylic acids is 1. The van der Waals surface area contributed by atoms with Gasteiger partial charge in [0.2, 0.25) is 0 Å². The minimum atomic E-state index is -0.322. The molecule has 0 saturated heterocycles. The fourth-order valence-electron chi connectivity index (χ4n) is 1.10. The lowest BCUT2D eigenvalue weighted by Gasteiger charge is -2.08. The van der Waals surface area contributed by atoms with Gasteiger partial charge in [-0.1, -0.05) is 15.9 Å². The summed E-state index contributed by atoms with van der Waals surface area (Å²) in [5, 5.41) is 0.743. The van der Waals surface area contributed by atoms with E-state index in [-0.39, 0.29) is 5.97 Å². The Morgan fingerprint density at radius 3 is 2.27 bits per heavy atom. The van der Waals surface area contributed by atoms with Crippen LogP contribution in [-0.2, 0) is 10.1 Å². The molecule has 0 saturated carbocycles. The molecular weight excluding hydrogens is 392 g/mol. The van der Waals surface area contributed by atoms with Gasteiger partial charge in [0.25, 0.3) is 0 Å². The number of benzene rings is 1. The first-order valence-corrected chi connectivity index (χ1v) is 7.01. The molecule has 0 fully saturated rings. The number of halogens is 3. The largest absolute Gasteiger partial charge is 0.462 e. The van der Waals surface area contributed by atoms with Crippen LogP contribution in [0.3, 0.4) is 0 Å². The van der Waals surface area contributed by atoms with Gasteiger partial charge in [0.05, 0.1) is 12.2 Å². The Hall–Kier alpha value is 0.130. The molecule has 82 valence electrons. The first-order chi connectivity index (χ1) is 7.10. The second-order valence-electron chi connectivity index (χ2n) is 2.79. The Bertz CT molecular complexity index is 354. The average molecular weight is 401 g/mol. The Labute approximate surface area is 114 Å². The Morgan fingerprint density at radius 1 is 1.33 bits per heavy atom. The molecule has 15 heavy (non-hydrogen) atoms. The highest BCUT2D eigenvalue weighted by molar-refractivity contribution is 9.11. The molecule has 1 aromatic carbocycles. The second-order valence-corrected chi connectivity index (χ2v) is 5.06. The zero-order chi connectivity index (χ0) is 11.4. The van der Waals surface area contributed by atoms with Crippen molar-refractivity contribution in [3.8, 4) is 0 Å². The molecule has 0 aliphatic carbocycles. The van der Waals surface area contributed by atoms with Gasteiger partial charge in [-0.05, 0) is 56.5 Å². The van der Waals surface area contributed by atoms with Crippen molar-refractivity contribution in [1.82, 2.24) is 0 Å². The van der Waals surface area contributed by atoms with Gasteiger partial charge in [-0.2, -0.15) is 0 Å². The minimum absolute atomic E-state index is 0.322. The van der Waals surface area contributed by atoms with Gasteiger partial charge >= 0.3 is 5.97 Å². The van der Waals surface area contributed by atoms with E-state index in [1.54, 1.807) is 6.92 Å². The zero-order valence-corrected chi connectivity index (χ0v) is 12.8. The smallest absolute Gasteiger partial charge is 0.340 e. The molecule has 1 rings (SSSR count). The minimum Gasteiger partial charge on any atom is -0.462 e. The summed E-state index contributed by atoms with van der Waals surface area (Å²) < 4.78 is 6.43. The number of carbonyl (C=O) groups is 1. The van der Waals surface area contributed by atoms with E-state index in [1.807, 2.05) is 12.1 Å². The van der Waals surface area contributed by atoms with E-state index in [0.29, 0.717) is 12.2 Å². The predicted molar refractivity (Wildman–Crippen MR) is 70.4 cm³/mol. The summed E-state index contributed by atoms with van der Waals surface area (Å²) in [7, 11) is 0. The van der Waals surface area contributed by atoms with Crippen LogP contribution in [-0.4, -0.2) is 12.6 Å². The van der Waals surface area contributed by atoms with E-state index in [1.165, 1.54) is 0 Å². The lowest BCUT2D eigenvalue weighted by molar-refractivity contribution is 0.0524. The molecule has 0 aliphatic rings. The van der Waals surface area contributed by atoms with Crippen molar-refractivity contribution in [2.24, 2.45) is 0 Å². The molecule has 1 aromatic rings. The fraction of sp³-hybridized carbons (Fsp3) is 0.300. The molecule has 0 aromatic heterocycles. The van der Waals surface area contributed by atoms with E-state index in [0.717, 1.165) is 19.8 Å². The molecule has 0 spiro atoms. The maximum absolute atomic E-state index is 11.6.